The van der Waals surface area contributed by atoms with Crippen molar-refractivity contribution < 1.29 is 19.1 Å². The molecule has 1 aliphatic rings. The third kappa shape index (κ3) is 7.71. The van der Waals surface area contributed by atoms with E-state index in [0.29, 0.717) is 75.5 Å². The van der Waals surface area contributed by atoms with Crippen LogP contribution in [0.3, 0.4) is 0 Å². The molecule has 1 aromatic carbocycles. The normalized spacial score (nSPS) is 17.4. The van der Waals surface area contributed by atoms with E-state index in [9.17, 15) is 14.4 Å². The third-order valence-corrected chi connectivity index (χ3v) is 7.36. The fourth-order valence-electron chi connectivity index (χ4n) is 4.90. The Hall–Kier alpha value is -4.22. The molecule has 3 amide bonds. The van der Waals surface area contributed by atoms with Crippen molar-refractivity contribution in [2.45, 2.75) is 72.5 Å². The number of rotatable bonds is 3. The highest BCUT2D eigenvalue weighted by atomic mass is 16.5. The second-order valence-electron chi connectivity index (χ2n) is 10.6. The monoisotopic (exact) mass is 564 g/mol. The molecule has 12 heteroatoms. The molecule has 2 bridgehead atoms. The quantitative estimate of drug-likeness (QED) is 0.497. The van der Waals surface area contributed by atoms with Gasteiger partial charge in [-0.05, 0) is 63.8 Å². The van der Waals surface area contributed by atoms with Crippen LogP contribution in [0.2, 0.25) is 0 Å². The number of nitrogens with one attached hydrogen (secondary N) is 2. The van der Waals surface area contributed by atoms with Crippen molar-refractivity contribution in [3.8, 4) is 5.75 Å². The van der Waals surface area contributed by atoms with Crippen LogP contribution in [0.4, 0.5) is 0 Å². The summed E-state index contributed by atoms with van der Waals surface area (Å²) >= 11 is 0. The van der Waals surface area contributed by atoms with Gasteiger partial charge in [-0.15, -0.1) is 5.10 Å². The molecule has 0 saturated heterocycles. The lowest BCUT2D eigenvalue weighted by Gasteiger charge is -2.22. The van der Waals surface area contributed by atoms with Crippen LogP contribution >= 0.6 is 0 Å². The van der Waals surface area contributed by atoms with E-state index in [1.54, 1.807) is 22.6 Å². The van der Waals surface area contributed by atoms with Crippen LogP contribution in [-0.4, -0.2) is 73.1 Å². The van der Waals surface area contributed by atoms with Crippen molar-refractivity contribution in [1.82, 2.24) is 40.3 Å². The van der Waals surface area contributed by atoms with Gasteiger partial charge < -0.3 is 20.3 Å². The zero-order chi connectivity index (χ0) is 29.5. The van der Waals surface area contributed by atoms with Gasteiger partial charge in [0, 0.05) is 45.2 Å². The molecule has 2 aromatic heterocycles. The summed E-state index contributed by atoms with van der Waals surface area (Å²) in [5.41, 5.74) is 5.11. The first-order valence-electron chi connectivity index (χ1n) is 14.1. The van der Waals surface area contributed by atoms with Gasteiger partial charge in [0.05, 0.1) is 30.6 Å². The summed E-state index contributed by atoms with van der Waals surface area (Å²) in [6, 6.07) is 4.62. The lowest BCUT2D eigenvalue weighted by Crippen LogP contribution is -2.45. The number of benzene rings is 1. The summed E-state index contributed by atoms with van der Waals surface area (Å²) in [6.07, 6.45) is 3.98. The van der Waals surface area contributed by atoms with Crippen molar-refractivity contribution in [3.05, 3.63) is 58.2 Å². The molecule has 0 spiro atoms. The highest BCUT2D eigenvalue weighted by molar-refractivity contribution is 5.99. The first-order chi connectivity index (χ1) is 19.6. The Kier molecular flexibility index (Phi) is 9.74. The van der Waals surface area contributed by atoms with Gasteiger partial charge in [0.2, 0.25) is 11.8 Å². The molecule has 3 heterocycles. The summed E-state index contributed by atoms with van der Waals surface area (Å²) in [4.78, 5) is 40.8. The van der Waals surface area contributed by atoms with Crippen LogP contribution in [-0.2, 0) is 36.1 Å². The van der Waals surface area contributed by atoms with E-state index in [2.05, 4.69) is 26.0 Å². The van der Waals surface area contributed by atoms with Crippen LogP contribution < -0.4 is 15.4 Å². The number of hydrogen-bond acceptors (Lipinski definition) is 7. The predicted octanol–water partition coefficient (Wildman–Crippen LogP) is 2.01. The van der Waals surface area contributed by atoms with E-state index in [-0.39, 0.29) is 17.7 Å². The second-order valence-corrected chi connectivity index (χ2v) is 10.6. The number of aromatic nitrogens is 5. The number of nitrogens with zero attached hydrogens (tertiary/aromatic N) is 6. The molecule has 0 fully saturated rings. The largest absolute Gasteiger partial charge is 0.493 e. The average Bonchev–Trinajstić information content (AvgIpc) is 3.48. The molecule has 3 aromatic rings. The molecular weight excluding hydrogens is 524 g/mol. The third-order valence-electron chi connectivity index (χ3n) is 7.36. The number of carbonyl (C=O) groups excluding carboxylic acids is 3. The maximum absolute atomic E-state index is 13.4. The molecule has 12 nitrogen and oxygen atoms in total. The van der Waals surface area contributed by atoms with Gasteiger partial charge in [-0.2, -0.15) is 5.10 Å². The number of hydrogen-bond donors (Lipinski definition) is 2. The Labute approximate surface area is 240 Å². The first-order valence-corrected chi connectivity index (χ1v) is 14.1. The van der Waals surface area contributed by atoms with Gasteiger partial charge in [0.1, 0.15) is 17.5 Å². The Morgan fingerprint density at radius 2 is 1.95 bits per heavy atom. The number of fused-ring (bicyclic) bond motifs is 3. The topological polar surface area (TPSA) is 136 Å². The van der Waals surface area contributed by atoms with E-state index < -0.39 is 6.04 Å². The number of amides is 3. The van der Waals surface area contributed by atoms with E-state index in [4.69, 9.17) is 4.74 Å². The Morgan fingerprint density at radius 1 is 1.15 bits per heavy atom. The van der Waals surface area contributed by atoms with Crippen molar-refractivity contribution in [3.63, 3.8) is 0 Å². The molecule has 1 aliphatic heterocycles. The van der Waals surface area contributed by atoms with Gasteiger partial charge in [-0.25, -0.2) is 0 Å². The fraction of sp³-hybridized carbons (Fsp3) is 0.517. The van der Waals surface area contributed by atoms with Crippen molar-refractivity contribution >= 4 is 17.7 Å². The van der Waals surface area contributed by atoms with Gasteiger partial charge in [-0.3, -0.25) is 23.7 Å². The second kappa shape index (κ2) is 13.4. The fourth-order valence-corrected chi connectivity index (χ4v) is 4.90. The highest BCUT2D eigenvalue weighted by Crippen LogP contribution is 2.21. The molecule has 0 saturated carbocycles. The number of ether oxygens (including phenoxy) is 1. The van der Waals surface area contributed by atoms with E-state index in [1.165, 1.54) is 0 Å². The van der Waals surface area contributed by atoms with Crippen LogP contribution in [0, 0.1) is 20.8 Å². The standard InChI is InChI=1S/C29H40N8O4/c1-19-8-9-25-26(16-19)41-15-7-14-37-18-23(32-34-37)17-36(13-6-12-30-28(39)21(3)31-29(25)40)27(38)11-10-24-20(2)33-35(5)22(24)4/h8-9,16,18,21H,6-7,10-15,17H2,1-5H3,(H,30,39)(H,31,40)/t21-/m1/s1. The summed E-state index contributed by atoms with van der Waals surface area (Å²) in [7, 11) is 1.90. The lowest BCUT2D eigenvalue weighted by molar-refractivity contribution is -0.131. The van der Waals surface area contributed by atoms with Gasteiger partial charge >= 0.3 is 0 Å². The summed E-state index contributed by atoms with van der Waals surface area (Å²) in [6.45, 7) is 9.61. The number of aryl methyl sites for hydroxylation is 4. The predicted molar refractivity (Wildman–Crippen MR) is 152 cm³/mol. The maximum atomic E-state index is 13.4. The molecular formula is C29H40N8O4. The Balaban J connectivity index is 1.47. The van der Waals surface area contributed by atoms with E-state index in [1.807, 2.05) is 50.8 Å². The van der Waals surface area contributed by atoms with Gasteiger partial charge in [0.15, 0.2) is 0 Å². The smallest absolute Gasteiger partial charge is 0.255 e. The SMILES string of the molecule is Cc1ccc2c(c1)OCCCn1cc(nn1)CN(C(=O)CCc1c(C)nn(C)c1C)CCCNC(=O)[C@@H](C)NC2=O. The minimum absolute atomic E-state index is 0.00140. The minimum atomic E-state index is -0.739. The van der Waals surface area contributed by atoms with Crippen LogP contribution in [0.15, 0.2) is 24.4 Å². The molecule has 1 atom stereocenters. The molecule has 0 radical (unpaired) electrons. The van der Waals surface area contributed by atoms with Crippen LogP contribution in [0.5, 0.6) is 5.75 Å². The maximum Gasteiger partial charge on any atom is 0.255 e. The Bertz CT molecular complexity index is 1400. The molecule has 0 unspecified atom stereocenters. The zero-order valence-electron chi connectivity index (χ0n) is 24.6. The molecule has 220 valence electrons. The lowest BCUT2D eigenvalue weighted by atomic mass is 10.1. The number of carbonyl (C=O) groups is 3. The van der Waals surface area contributed by atoms with Gasteiger partial charge in [0.25, 0.3) is 5.91 Å². The average molecular weight is 565 g/mol. The minimum Gasteiger partial charge on any atom is -0.493 e. The molecule has 4 rings (SSSR count). The van der Waals surface area contributed by atoms with Crippen LogP contribution in [0.1, 0.15) is 64.8 Å². The summed E-state index contributed by atoms with van der Waals surface area (Å²) < 4.78 is 9.54. The highest BCUT2D eigenvalue weighted by Gasteiger charge is 2.21. The molecule has 0 aliphatic carbocycles. The van der Waals surface area contributed by atoms with Gasteiger partial charge in [-0.1, -0.05) is 11.3 Å². The van der Waals surface area contributed by atoms with E-state index >= 15 is 0 Å². The van der Waals surface area contributed by atoms with Crippen LogP contribution in [0.25, 0.3) is 0 Å². The summed E-state index contributed by atoms with van der Waals surface area (Å²) in [5, 5.41) is 18.6. The summed E-state index contributed by atoms with van der Waals surface area (Å²) in [5.74, 6) is -0.203. The van der Waals surface area contributed by atoms with Crippen molar-refractivity contribution in [2.24, 2.45) is 7.05 Å². The van der Waals surface area contributed by atoms with E-state index in [0.717, 1.165) is 22.5 Å². The molecule has 41 heavy (non-hydrogen) atoms. The molecule has 2 N–H and O–H groups in total. The van der Waals surface area contributed by atoms with Crippen molar-refractivity contribution in [2.75, 3.05) is 19.7 Å². The zero-order valence-corrected chi connectivity index (χ0v) is 24.6. The first kappa shape index (κ1) is 29.8. The van der Waals surface area contributed by atoms with Crippen molar-refractivity contribution in [1.29, 1.82) is 0 Å². The Morgan fingerprint density at radius 3 is 2.71 bits per heavy atom.